The van der Waals surface area contributed by atoms with Gasteiger partial charge in [0.05, 0.1) is 0 Å². The van der Waals surface area contributed by atoms with Crippen LogP contribution in [0.5, 0.6) is 0 Å². The highest BCUT2D eigenvalue weighted by Gasteiger charge is 2.39. The van der Waals surface area contributed by atoms with E-state index in [0.29, 0.717) is 0 Å². The average molecular weight is 280 g/mol. The lowest BCUT2D eigenvalue weighted by Crippen LogP contribution is -2.32. The topological polar surface area (TPSA) is 15.3 Å². The van der Waals surface area contributed by atoms with Crippen molar-refractivity contribution in [3.63, 3.8) is 0 Å². The first-order chi connectivity index (χ1) is 9.72. The lowest BCUT2D eigenvalue weighted by atomic mass is 9.88. The van der Waals surface area contributed by atoms with Crippen molar-refractivity contribution in [2.45, 2.75) is 71.3 Å². The Labute approximate surface area is 126 Å². The second kappa shape index (κ2) is 8.38. The maximum absolute atomic E-state index is 3.67. The Bertz CT molecular complexity index is 266. The molecule has 0 amide bonds. The van der Waals surface area contributed by atoms with Crippen LogP contribution < -0.4 is 5.32 Å². The molecule has 0 aromatic heterocycles. The van der Waals surface area contributed by atoms with Gasteiger partial charge in [0.15, 0.2) is 0 Å². The molecule has 0 radical (unpaired) electrons. The largest absolute Gasteiger partial charge is 0.314 e. The fourth-order valence-electron chi connectivity index (χ4n) is 4.50. The highest BCUT2D eigenvalue weighted by Crippen LogP contribution is 2.48. The van der Waals surface area contributed by atoms with Crippen molar-refractivity contribution in [2.24, 2.45) is 17.8 Å². The summed E-state index contributed by atoms with van der Waals surface area (Å²) in [6.45, 7) is 8.40. The van der Waals surface area contributed by atoms with Crippen molar-refractivity contribution in [1.82, 2.24) is 10.2 Å². The summed E-state index contributed by atoms with van der Waals surface area (Å²) < 4.78 is 0. The zero-order valence-electron chi connectivity index (χ0n) is 14.0. The van der Waals surface area contributed by atoms with Crippen LogP contribution in [0.1, 0.15) is 65.2 Å². The van der Waals surface area contributed by atoms with Gasteiger partial charge >= 0.3 is 0 Å². The monoisotopic (exact) mass is 280 g/mol. The number of nitrogens with one attached hydrogen (secondary N) is 1. The molecule has 4 atom stereocenters. The Hall–Kier alpha value is -0.0800. The Morgan fingerprint density at radius 3 is 2.65 bits per heavy atom. The molecule has 2 aliphatic rings. The van der Waals surface area contributed by atoms with Gasteiger partial charge in [-0.15, -0.1) is 0 Å². The summed E-state index contributed by atoms with van der Waals surface area (Å²) in [7, 11) is 2.34. The van der Waals surface area contributed by atoms with Crippen LogP contribution >= 0.6 is 0 Å². The van der Waals surface area contributed by atoms with Gasteiger partial charge in [0, 0.05) is 12.6 Å². The number of hydrogen-bond donors (Lipinski definition) is 1. The second-order valence-corrected chi connectivity index (χ2v) is 7.40. The fourth-order valence-corrected chi connectivity index (χ4v) is 4.50. The SMILES string of the molecule is CCCNC(CC)CCCN(C)CC1CC2CCC1C2. The van der Waals surface area contributed by atoms with E-state index in [0.717, 1.165) is 23.8 Å². The van der Waals surface area contributed by atoms with Gasteiger partial charge in [0.1, 0.15) is 0 Å². The molecular formula is C18H36N2. The lowest BCUT2D eigenvalue weighted by molar-refractivity contribution is 0.215. The van der Waals surface area contributed by atoms with Gasteiger partial charge in [-0.1, -0.05) is 20.3 Å². The summed E-state index contributed by atoms with van der Waals surface area (Å²) in [6.07, 6.45) is 11.4. The van der Waals surface area contributed by atoms with Gasteiger partial charge in [0.25, 0.3) is 0 Å². The van der Waals surface area contributed by atoms with Crippen LogP contribution in [0.4, 0.5) is 0 Å². The number of fused-ring (bicyclic) bond motifs is 2. The van der Waals surface area contributed by atoms with E-state index in [1.165, 1.54) is 64.6 Å². The molecule has 4 unspecified atom stereocenters. The first kappa shape index (κ1) is 16.3. The molecule has 0 saturated heterocycles. The molecule has 2 rings (SSSR count). The van der Waals surface area contributed by atoms with Crippen LogP contribution in [0.25, 0.3) is 0 Å². The van der Waals surface area contributed by atoms with Crippen molar-refractivity contribution >= 4 is 0 Å². The summed E-state index contributed by atoms with van der Waals surface area (Å²) in [5.74, 6) is 3.21. The molecule has 0 heterocycles. The third-order valence-electron chi connectivity index (χ3n) is 5.70. The van der Waals surface area contributed by atoms with Crippen molar-refractivity contribution in [1.29, 1.82) is 0 Å². The summed E-state index contributed by atoms with van der Waals surface area (Å²) in [5.41, 5.74) is 0. The molecule has 2 saturated carbocycles. The Morgan fingerprint density at radius 2 is 2.05 bits per heavy atom. The second-order valence-electron chi connectivity index (χ2n) is 7.40. The van der Waals surface area contributed by atoms with Gasteiger partial charge in [-0.3, -0.25) is 0 Å². The highest BCUT2D eigenvalue weighted by atomic mass is 15.1. The van der Waals surface area contributed by atoms with E-state index in [4.69, 9.17) is 0 Å². The van der Waals surface area contributed by atoms with Gasteiger partial charge in [-0.25, -0.2) is 0 Å². The normalized spacial score (nSPS) is 30.3. The quantitative estimate of drug-likeness (QED) is 0.652. The third kappa shape index (κ3) is 4.73. The molecule has 2 heteroatoms. The first-order valence-electron chi connectivity index (χ1n) is 9.14. The van der Waals surface area contributed by atoms with E-state index in [-0.39, 0.29) is 0 Å². The predicted molar refractivity (Wildman–Crippen MR) is 88.0 cm³/mol. The standard InChI is InChI=1S/C18H36N2/c1-4-10-19-18(5-2)7-6-11-20(3)14-17-13-15-8-9-16(17)12-15/h15-19H,4-14H2,1-3H3. The minimum Gasteiger partial charge on any atom is -0.314 e. The smallest absolute Gasteiger partial charge is 0.00649 e. The van der Waals surface area contributed by atoms with E-state index < -0.39 is 0 Å². The summed E-state index contributed by atoms with van der Waals surface area (Å²) in [4.78, 5) is 2.61. The van der Waals surface area contributed by atoms with E-state index in [1.54, 1.807) is 6.42 Å². The van der Waals surface area contributed by atoms with Crippen LogP contribution in [-0.2, 0) is 0 Å². The summed E-state index contributed by atoms with van der Waals surface area (Å²) >= 11 is 0. The van der Waals surface area contributed by atoms with Gasteiger partial charge in [-0.05, 0) is 82.8 Å². The summed E-state index contributed by atoms with van der Waals surface area (Å²) in [5, 5.41) is 3.67. The first-order valence-corrected chi connectivity index (χ1v) is 9.14. The van der Waals surface area contributed by atoms with E-state index in [2.05, 4.69) is 31.1 Å². The predicted octanol–water partition coefficient (Wildman–Crippen LogP) is 3.91. The molecule has 2 bridgehead atoms. The van der Waals surface area contributed by atoms with Gasteiger partial charge in [0.2, 0.25) is 0 Å². The van der Waals surface area contributed by atoms with Crippen molar-refractivity contribution in [2.75, 3.05) is 26.7 Å². The Morgan fingerprint density at radius 1 is 1.20 bits per heavy atom. The maximum atomic E-state index is 3.67. The zero-order chi connectivity index (χ0) is 14.4. The minimum atomic E-state index is 0.742. The Kier molecular flexibility index (Phi) is 6.83. The van der Waals surface area contributed by atoms with Crippen molar-refractivity contribution in [3.05, 3.63) is 0 Å². The Balaban J connectivity index is 1.56. The lowest BCUT2D eigenvalue weighted by Gasteiger charge is -2.27. The summed E-state index contributed by atoms with van der Waals surface area (Å²) in [6, 6.07) is 0.742. The van der Waals surface area contributed by atoms with E-state index in [9.17, 15) is 0 Å². The number of nitrogens with zero attached hydrogens (tertiary/aromatic N) is 1. The molecule has 20 heavy (non-hydrogen) atoms. The van der Waals surface area contributed by atoms with E-state index >= 15 is 0 Å². The molecule has 1 N–H and O–H groups in total. The molecule has 2 aliphatic carbocycles. The molecule has 118 valence electrons. The maximum Gasteiger partial charge on any atom is 0.00649 e. The molecule has 0 aromatic carbocycles. The van der Waals surface area contributed by atoms with Crippen LogP contribution in [0, 0.1) is 17.8 Å². The highest BCUT2D eigenvalue weighted by molar-refractivity contribution is 4.90. The molecular weight excluding hydrogens is 244 g/mol. The van der Waals surface area contributed by atoms with E-state index in [1.807, 2.05) is 0 Å². The minimum absolute atomic E-state index is 0.742. The molecule has 0 aromatic rings. The molecule has 2 fully saturated rings. The fraction of sp³-hybridized carbons (Fsp3) is 1.00. The number of rotatable bonds is 10. The molecule has 2 nitrogen and oxygen atoms in total. The third-order valence-corrected chi connectivity index (χ3v) is 5.70. The molecule has 0 aliphatic heterocycles. The van der Waals surface area contributed by atoms with Crippen molar-refractivity contribution < 1.29 is 0 Å². The van der Waals surface area contributed by atoms with Crippen LogP contribution in [-0.4, -0.2) is 37.6 Å². The average Bonchev–Trinajstić information content (AvgIpc) is 3.05. The molecule has 0 spiro atoms. The van der Waals surface area contributed by atoms with Crippen LogP contribution in [0.3, 0.4) is 0 Å². The van der Waals surface area contributed by atoms with Crippen LogP contribution in [0.15, 0.2) is 0 Å². The number of hydrogen-bond acceptors (Lipinski definition) is 2. The zero-order valence-corrected chi connectivity index (χ0v) is 14.0. The van der Waals surface area contributed by atoms with Gasteiger partial charge in [-0.2, -0.15) is 0 Å². The van der Waals surface area contributed by atoms with Gasteiger partial charge < -0.3 is 10.2 Å². The van der Waals surface area contributed by atoms with Crippen LogP contribution in [0.2, 0.25) is 0 Å². The van der Waals surface area contributed by atoms with Crippen molar-refractivity contribution in [3.8, 4) is 0 Å².